The monoisotopic (exact) mass is 309 g/mol. The Bertz CT molecular complexity index is 712. The molecule has 0 bridgehead atoms. The summed E-state index contributed by atoms with van der Waals surface area (Å²) in [4.78, 5) is 24.1. The smallest absolute Gasteiger partial charge is 0.221 e. The summed E-state index contributed by atoms with van der Waals surface area (Å²) >= 11 is 0. The maximum Gasteiger partial charge on any atom is 0.221 e. The van der Waals surface area contributed by atoms with Crippen molar-refractivity contribution in [2.24, 2.45) is 0 Å². The van der Waals surface area contributed by atoms with E-state index in [0.29, 0.717) is 12.0 Å². The maximum absolute atomic E-state index is 12.1. The highest BCUT2D eigenvalue weighted by atomic mass is 16.3. The molecule has 2 aromatic carbocycles. The second-order valence-electron chi connectivity index (χ2n) is 5.80. The van der Waals surface area contributed by atoms with Gasteiger partial charge < -0.3 is 10.4 Å². The summed E-state index contributed by atoms with van der Waals surface area (Å²) in [5, 5.41) is 13.0. The third-order valence-corrected chi connectivity index (χ3v) is 4.20. The lowest BCUT2D eigenvalue weighted by Gasteiger charge is -2.17. The van der Waals surface area contributed by atoms with E-state index in [4.69, 9.17) is 0 Å². The molecule has 0 heterocycles. The molecular weight excluding hydrogens is 290 g/mol. The zero-order chi connectivity index (χ0) is 16.2. The van der Waals surface area contributed by atoms with E-state index in [-0.39, 0.29) is 30.6 Å². The highest BCUT2D eigenvalue weighted by molar-refractivity contribution is 5.97. The molecule has 0 saturated carbocycles. The van der Waals surface area contributed by atoms with E-state index in [1.807, 2.05) is 30.3 Å². The fourth-order valence-corrected chi connectivity index (χ4v) is 2.99. The van der Waals surface area contributed by atoms with Crippen LogP contribution in [0.3, 0.4) is 0 Å². The minimum absolute atomic E-state index is 0.0480. The molecule has 2 aromatic rings. The fraction of sp³-hybridized carbons (Fsp3) is 0.263. The topological polar surface area (TPSA) is 66.4 Å². The van der Waals surface area contributed by atoms with Gasteiger partial charge in [-0.15, -0.1) is 0 Å². The fourth-order valence-electron chi connectivity index (χ4n) is 2.99. The summed E-state index contributed by atoms with van der Waals surface area (Å²) < 4.78 is 0. The number of ketones is 1. The van der Waals surface area contributed by atoms with Crippen molar-refractivity contribution < 1.29 is 14.7 Å². The third-order valence-electron chi connectivity index (χ3n) is 4.20. The van der Waals surface area contributed by atoms with Crippen LogP contribution in [0.2, 0.25) is 0 Å². The lowest BCUT2D eigenvalue weighted by Crippen LogP contribution is -2.34. The van der Waals surface area contributed by atoms with Crippen molar-refractivity contribution in [1.82, 2.24) is 5.32 Å². The van der Waals surface area contributed by atoms with Crippen molar-refractivity contribution >= 4 is 11.7 Å². The molecule has 1 aliphatic rings. The van der Waals surface area contributed by atoms with Crippen molar-refractivity contribution in [3.05, 3.63) is 71.3 Å². The molecule has 4 heteroatoms. The van der Waals surface area contributed by atoms with E-state index in [2.05, 4.69) is 5.32 Å². The van der Waals surface area contributed by atoms with Gasteiger partial charge in [0.15, 0.2) is 5.78 Å². The molecule has 0 aromatic heterocycles. The zero-order valence-corrected chi connectivity index (χ0v) is 12.7. The van der Waals surface area contributed by atoms with E-state index < -0.39 is 6.10 Å². The number of rotatable bonds is 5. The van der Waals surface area contributed by atoms with Crippen molar-refractivity contribution in [2.45, 2.75) is 31.4 Å². The minimum Gasteiger partial charge on any atom is -0.390 e. The Hall–Kier alpha value is -2.46. The number of nitrogens with one attached hydrogen (secondary N) is 1. The SMILES string of the molecule is O=C(CCC(=O)c1ccccc1)N[C@@H]1c2ccccc2C[C@H]1O. The number of aliphatic hydroxyl groups excluding tert-OH is 1. The Morgan fingerprint density at radius 2 is 1.70 bits per heavy atom. The summed E-state index contributed by atoms with van der Waals surface area (Å²) in [5.74, 6) is -0.261. The molecule has 0 unspecified atom stereocenters. The number of carbonyl (C=O) groups is 2. The van der Waals surface area contributed by atoms with Crippen LogP contribution < -0.4 is 5.32 Å². The summed E-state index contributed by atoms with van der Waals surface area (Å²) in [6, 6.07) is 16.3. The first kappa shape index (κ1) is 15.4. The van der Waals surface area contributed by atoms with E-state index in [1.54, 1.807) is 24.3 Å². The molecule has 2 atom stereocenters. The molecule has 0 radical (unpaired) electrons. The van der Waals surface area contributed by atoms with E-state index in [1.165, 1.54) is 0 Å². The molecule has 3 rings (SSSR count). The lowest BCUT2D eigenvalue weighted by atomic mass is 10.1. The van der Waals surface area contributed by atoms with E-state index in [9.17, 15) is 14.7 Å². The van der Waals surface area contributed by atoms with Crippen LogP contribution in [0.4, 0.5) is 0 Å². The summed E-state index contributed by atoms with van der Waals surface area (Å²) in [7, 11) is 0. The van der Waals surface area contributed by atoms with Crippen LogP contribution in [-0.2, 0) is 11.2 Å². The second-order valence-corrected chi connectivity index (χ2v) is 5.80. The Morgan fingerprint density at radius 3 is 2.48 bits per heavy atom. The normalized spacial score (nSPS) is 19.2. The molecule has 0 spiro atoms. The molecule has 0 aliphatic heterocycles. The summed E-state index contributed by atoms with van der Waals surface area (Å²) in [5.41, 5.74) is 2.64. The van der Waals surface area contributed by atoms with Crippen LogP contribution in [-0.4, -0.2) is 22.9 Å². The Labute approximate surface area is 135 Å². The van der Waals surface area contributed by atoms with Gasteiger partial charge in [-0.1, -0.05) is 54.6 Å². The van der Waals surface area contributed by atoms with Crippen LogP contribution in [0, 0.1) is 0 Å². The molecule has 4 nitrogen and oxygen atoms in total. The van der Waals surface area contributed by atoms with Gasteiger partial charge in [-0.25, -0.2) is 0 Å². The summed E-state index contributed by atoms with van der Waals surface area (Å²) in [6.07, 6.45) is 0.227. The number of hydrogen-bond acceptors (Lipinski definition) is 3. The van der Waals surface area contributed by atoms with Gasteiger partial charge in [0.25, 0.3) is 0 Å². The lowest BCUT2D eigenvalue weighted by molar-refractivity contribution is -0.122. The minimum atomic E-state index is -0.610. The average molecular weight is 309 g/mol. The number of hydrogen-bond donors (Lipinski definition) is 2. The zero-order valence-electron chi connectivity index (χ0n) is 12.7. The summed E-state index contributed by atoms with van der Waals surface area (Å²) in [6.45, 7) is 0. The first-order valence-corrected chi connectivity index (χ1v) is 7.78. The molecule has 1 aliphatic carbocycles. The van der Waals surface area contributed by atoms with Crippen LogP contribution in [0.5, 0.6) is 0 Å². The van der Waals surface area contributed by atoms with Crippen molar-refractivity contribution in [2.75, 3.05) is 0 Å². The molecule has 23 heavy (non-hydrogen) atoms. The number of fused-ring (bicyclic) bond motifs is 1. The molecular formula is C19H19NO3. The largest absolute Gasteiger partial charge is 0.390 e. The van der Waals surface area contributed by atoms with Gasteiger partial charge in [0.1, 0.15) is 0 Å². The van der Waals surface area contributed by atoms with Crippen molar-refractivity contribution in [3.63, 3.8) is 0 Å². The second kappa shape index (κ2) is 6.75. The number of Topliss-reactive ketones (excluding diaryl/α,β-unsaturated/α-hetero) is 1. The highest BCUT2D eigenvalue weighted by Crippen LogP contribution is 2.31. The molecule has 1 amide bonds. The van der Waals surface area contributed by atoms with Crippen LogP contribution in [0.15, 0.2) is 54.6 Å². The maximum atomic E-state index is 12.1. The average Bonchev–Trinajstić information content (AvgIpc) is 2.89. The van der Waals surface area contributed by atoms with Gasteiger partial charge in [0, 0.05) is 24.8 Å². The molecule has 2 N–H and O–H groups in total. The van der Waals surface area contributed by atoms with Gasteiger partial charge in [-0.3, -0.25) is 9.59 Å². The predicted octanol–water partition coefficient (Wildman–Crippen LogP) is 2.42. The number of aliphatic hydroxyl groups is 1. The van der Waals surface area contributed by atoms with Crippen LogP contribution >= 0.6 is 0 Å². The number of amides is 1. The third kappa shape index (κ3) is 3.48. The Kier molecular flexibility index (Phi) is 4.53. The highest BCUT2D eigenvalue weighted by Gasteiger charge is 2.31. The number of benzene rings is 2. The van der Waals surface area contributed by atoms with Gasteiger partial charge in [-0.2, -0.15) is 0 Å². The first-order chi connectivity index (χ1) is 11.1. The first-order valence-electron chi connectivity index (χ1n) is 7.78. The van der Waals surface area contributed by atoms with Gasteiger partial charge in [0.05, 0.1) is 12.1 Å². The van der Waals surface area contributed by atoms with Gasteiger partial charge in [0.2, 0.25) is 5.91 Å². The van der Waals surface area contributed by atoms with Gasteiger partial charge in [-0.05, 0) is 11.1 Å². The van der Waals surface area contributed by atoms with Crippen LogP contribution in [0.1, 0.15) is 40.4 Å². The van der Waals surface area contributed by atoms with Gasteiger partial charge >= 0.3 is 0 Å². The Morgan fingerprint density at radius 1 is 1.00 bits per heavy atom. The number of carbonyl (C=O) groups excluding carboxylic acids is 2. The molecule has 118 valence electrons. The molecule has 0 fully saturated rings. The van der Waals surface area contributed by atoms with Crippen LogP contribution in [0.25, 0.3) is 0 Å². The van der Waals surface area contributed by atoms with Crippen molar-refractivity contribution in [3.8, 4) is 0 Å². The predicted molar refractivity (Wildman–Crippen MR) is 87.0 cm³/mol. The van der Waals surface area contributed by atoms with E-state index in [0.717, 1.165) is 11.1 Å². The Balaban J connectivity index is 1.57. The van der Waals surface area contributed by atoms with E-state index >= 15 is 0 Å². The molecule has 0 saturated heterocycles. The standard InChI is InChI=1S/C19H19NO3/c21-16(13-6-2-1-3-7-13)10-11-18(23)20-19-15-9-5-4-8-14(15)12-17(19)22/h1-9,17,19,22H,10-12H2,(H,20,23)/t17-,19-/m1/s1. The quantitative estimate of drug-likeness (QED) is 0.834. The van der Waals surface area contributed by atoms with Crippen molar-refractivity contribution in [1.29, 1.82) is 0 Å².